The van der Waals surface area contributed by atoms with E-state index in [1.807, 2.05) is 19.2 Å². The third-order valence-electron chi connectivity index (χ3n) is 0.955. The normalized spacial score (nSPS) is 10.9. The van der Waals surface area contributed by atoms with E-state index in [1.54, 1.807) is 0 Å². The van der Waals surface area contributed by atoms with Crippen molar-refractivity contribution in [2.75, 3.05) is 12.4 Å². The smallest absolute Gasteiger partial charge is 0.133 e. The van der Waals surface area contributed by atoms with Crippen LogP contribution >= 0.6 is 11.8 Å². The molecular weight excluding hydrogens is 134 g/mol. The zero-order valence-electron chi connectivity index (χ0n) is 5.72. The van der Waals surface area contributed by atoms with Crippen LogP contribution in [0.15, 0.2) is 0 Å². The van der Waals surface area contributed by atoms with Gasteiger partial charge in [0.1, 0.15) is 5.40 Å². The van der Waals surface area contributed by atoms with Gasteiger partial charge in [-0.15, -0.1) is 0 Å². The summed E-state index contributed by atoms with van der Waals surface area (Å²) in [7, 11) is 0. The van der Waals surface area contributed by atoms with Crippen molar-refractivity contribution in [1.82, 2.24) is 0 Å². The van der Waals surface area contributed by atoms with Crippen LogP contribution in [0.4, 0.5) is 0 Å². The molecule has 0 saturated heterocycles. The molecule has 52 valence electrons. The molecule has 0 aromatic rings. The summed E-state index contributed by atoms with van der Waals surface area (Å²) < 4.78 is 0. The van der Waals surface area contributed by atoms with Crippen molar-refractivity contribution < 1.29 is 5.11 Å². The average molecular weight is 145 g/mol. The van der Waals surface area contributed by atoms with E-state index >= 15 is 0 Å². The first kappa shape index (κ1) is 8.80. The number of hydrogen-bond acceptors (Lipinski definition) is 3. The fraction of sp³-hybridized carbons (Fsp3) is 0.833. The maximum absolute atomic E-state index is 8.70. The summed E-state index contributed by atoms with van der Waals surface area (Å²) in [4.78, 5) is 0. The summed E-state index contributed by atoms with van der Waals surface area (Å²) in [5, 5.41) is 18.8. The van der Waals surface area contributed by atoms with Gasteiger partial charge >= 0.3 is 0 Å². The van der Waals surface area contributed by atoms with E-state index in [2.05, 4.69) is 0 Å². The largest absolute Gasteiger partial charge is 0.396 e. The second-order valence-corrected chi connectivity index (χ2v) is 3.46. The molecule has 0 aromatic carbocycles. The lowest BCUT2D eigenvalue weighted by Gasteiger charge is -2.17. The first-order chi connectivity index (χ1) is 4.12. The molecule has 2 nitrogen and oxygen atoms in total. The highest BCUT2D eigenvalue weighted by Gasteiger charge is 2.15. The number of thiocyanates is 1. The molecule has 0 rings (SSSR count). The van der Waals surface area contributed by atoms with Gasteiger partial charge in [0, 0.05) is 12.4 Å². The Hall–Kier alpha value is -0.200. The van der Waals surface area contributed by atoms with Gasteiger partial charge in [-0.2, -0.15) is 5.26 Å². The van der Waals surface area contributed by atoms with Crippen molar-refractivity contribution in [3.05, 3.63) is 0 Å². The predicted molar refractivity (Wildman–Crippen MR) is 38.9 cm³/mol. The molecule has 0 fully saturated rings. The number of aliphatic hydroxyl groups is 1. The van der Waals surface area contributed by atoms with Crippen molar-refractivity contribution in [3.63, 3.8) is 0 Å². The van der Waals surface area contributed by atoms with Crippen LogP contribution in [0.5, 0.6) is 0 Å². The topological polar surface area (TPSA) is 44.0 Å². The van der Waals surface area contributed by atoms with E-state index in [1.165, 1.54) is 11.8 Å². The lowest BCUT2D eigenvalue weighted by atomic mass is 9.98. The highest BCUT2D eigenvalue weighted by atomic mass is 32.2. The van der Waals surface area contributed by atoms with E-state index in [0.717, 1.165) is 0 Å². The molecule has 0 aliphatic heterocycles. The Balaban J connectivity index is 3.48. The molecule has 0 atom stereocenters. The second-order valence-electron chi connectivity index (χ2n) is 2.70. The zero-order chi connectivity index (χ0) is 7.33. The van der Waals surface area contributed by atoms with E-state index < -0.39 is 0 Å². The van der Waals surface area contributed by atoms with Gasteiger partial charge in [0.15, 0.2) is 0 Å². The van der Waals surface area contributed by atoms with Crippen LogP contribution in [0.25, 0.3) is 0 Å². The van der Waals surface area contributed by atoms with Crippen molar-refractivity contribution in [1.29, 1.82) is 5.26 Å². The third kappa shape index (κ3) is 4.31. The molecule has 1 N–H and O–H groups in total. The fourth-order valence-corrected chi connectivity index (χ4v) is 0.820. The molecule has 0 spiro atoms. The van der Waals surface area contributed by atoms with E-state index in [9.17, 15) is 0 Å². The lowest BCUT2D eigenvalue weighted by molar-refractivity contribution is 0.181. The summed E-state index contributed by atoms with van der Waals surface area (Å²) in [6.07, 6.45) is 0. The third-order valence-corrected chi connectivity index (χ3v) is 2.01. The number of rotatable bonds is 3. The quantitative estimate of drug-likeness (QED) is 0.607. The van der Waals surface area contributed by atoms with Gasteiger partial charge in [-0.1, -0.05) is 13.8 Å². The van der Waals surface area contributed by atoms with E-state index in [-0.39, 0.29) is 12.0 Å². The van der Waals surface area contributed by atoms with Crippen molar-refractivity contribution >= 4 is 11.8 Å². The van der Waals surface area contributed by atoms with E-state index in [0.29, 0.717) is 5.75 Å². The van der Waals surface area contributed by atoms with Crippen molar-refractivity contribution in [2.45, 2.75) is 13.8 Å². The minimum atomic E-state index is -0.111. The van der Waals surface area contributed by atoms with Crippen LogP contribution in [-0.4, -0.2) is 17.5 Å². The first-order valence-corrected chi connectivity index (χ1v) is 3.73. The number of hydrogen-bond donors (Lipinski definition) is 1. The molecule has 0 aliphatic carbocycles. The minimum absolute atomic E-state index is 0.111. The van der Waals surface area contributed by atoms with Crippen LogP contribution < -0.4 is 0 Å². The number of thioether (sulfide) groups is 1. The highest BCUT2D eigenvalue weighted by molar-refractivity contribution is 8.03. The Morgan fingerprint density at radius 1 is 1.67 bits per heavy atom. The number of aliphatic hydroxyl groups excluding tert-OH is 1. The SMILES string of the molecule is CC(C)(CO)CSC#N. The Morgan fingerprint density at radius 2 is 2.22 bits per heavy atom. The molecule has 0 radical (unpaired) electrons. The molecule has 0 aliphatic rings. The van der Waals surface area contributed by atoms with Crippen LogP contribution in [0, 0.1) is 16.1 Å². The minimum Gasteiger partial charge on any atom is -0.396 e. The second kappa shape index (κ2) is 3.76. The summed E-state index contributed by atoms with van der Waals surface area (Å²) in [6.45, 7) is 4.00. The van der Waals surface area contributed by atoms with Crippen LogP contribution in [0.2, 0.25) is 0 Å². The Morgan fingerprint density at radius 3 is 2.56 bits per heavy atom. The summed E-state index contributed by atoms with van der Waals surface area (Å²) in [6, 6.07) is 0. The maximum atomic E-state index is 8.70. The van der Waals surface area contributed by atoms with Gasteiger partial charge in [0.25, 0.3) is 0 Å². The summed E-state index contributed by atoms with van der Waals surface area (Å²) >= 11 is 1.19. The summed E-state index contributed by atoms with van der Waals surface area (Å²) in [5.41, 5.74) is -0.111. The van der Waals surface area contributed by atoms with Gasteiger partial charge in [0.2, 0.25) is 0 Å². The lowest BCUT2D eigenvalue weighted by Crippen LogP contribution is -2.19. The Bertz CT molecular complexity index is 117. The van der Waals surface area contributed by atoms with Crippen molar-refractivity contribution in [3.8, 4) is 5.40 Å². The van der Waals surface area contributed by atoms with Gasteiger partial charge in [-0.05, 0) is 17.2 Å². The predicted octanol–water partition coefficient (Wildman–Crippen LogP) is 1.22. The van der Waals surface area contributed by atoms with Gasteiger partial charge in [-0.3, -0.25) is 0 Å². The standard InChI is InChI=1S/C6H11NOS/c1-6(2,3-8)4-9-5-7/h8H,3-4H2,1-2H3. The van der Waals surface area contributed by atoms with Crippen LogP contribution in [0.1, 0.15) is 13.8 Å². The van der Waals surface area contributed by atoms with Gasteiger partial charge in [-0.25, -0.2) is 0 Å². The first-order valence-electron chi connectivity index (χ1n) is 2.74. The van der Waals surface area contributed by atoms with Crippen LogP contribution in [0.3, 0.4) is 0 Å². The molecule has 0 amide bonds. The molecule has 0 unspecified atom stereocenters. The molecule has 0 bridgehead atoms. The average Bonchev–Trinajstić information content (AvgIpc) is 1.84. The summed E-state index contributed by atoms with van der Waals surface area (Å²) in [5.74, 6) is 0.694. The number of nitriles is 1. The molecule has 0 heterocycles. The van der Waals surface area contributed by atoms with Crippen LogP contribution in [-0.2, 0) is 0 Å². The fourth-order valence-electron chi connectivity index (χ4n) is 0.273. The monoisotopic (exact) mass is 145 g/mol. The van der Waals surface area contributed by atoms with Gasteiger partial charge in [0.05, 0.1) is 0 Å². The molecule has 3 heteroatoms. The molecule has 0 aromatic heterocycles. The highest BCUT2D eigenvalue weighted by Crippen LogP contribution is 2.19. The number of nitrogens with zero attached hydrogens (tertiary/aromatic N) is 1. The molecule has 9 heavy (non-hydrogen) atoms. The van der Waals surface area contributed by atoms with Gasteiger partial charge < -0.3 is 5.11 Å². The Kier molecular flexibility index (Phi) is 3.67. The Labute approximate surface area is 59.9 Å². The maximum Gasteiger partial charge on any atom is 0.133 e. The van der Waals surface area contributed by atoms with Crippen molar-refractivity contribution in [2.24, 2.45) is 5.41 Å². The van der Waals surface area contributed by atoms with E-state index in [4.69, 9.17) is 10.4 Å². The molecular formula is C6H11NOS. The molecule has 0 saturated carbocycles. The zero-order valence-corrected chi connectivity index (χ0v) is 6.53.